The zero-order chi connectivity index (χ0) is 14.5. The molecule has 0 bridgehead atoms. The van der Waals surface area contributed by atoms with E-state index in [2.05, 4.69) is 67.0 Å². The second kappa shape index (κ2) is 6.71. The summed E-state index contributed by atoms with van der Waals surface area (Å²) in [6.45, 7) is 9.62. The van der Waals surface area contributed by atoms with Gasteiger partial charge in [-0.05, 0) is 30.5 Å². The zero-order valence-corrected chi connectivity index (χ0v) is 13.0. The van der Waals surface area contributed by atoms with Gasteiger partial charge in [-0.3, -0.25) is 0 Å². The molecule has 1 aromatic heterocycles. The van der Waals surface area contributed by atoms with Crippen molar-refractivity contribution in [3.05, 3.63) is 47.5 Å². The van der Waals surface area contributed by atoms with Crippen molar-refractivity contribution in [3.8, 4) is 5.69 Å². The lowest BCUT2D eigenvalue weighted by Crippen LogP contribution is -2.21. The van der Waals surface area contributed by atoms with E-state index in [1.54, 1.807) is 0 Å². The van der Waals surface area contributed by atoms with Gasteiger partial charge < -0.3 is 9.88 Å². The number of nitrogens with one attached hydrogen (secondary N) is 1. The van der Waals surface area contributed by atoms with Gasteiger partial charge >= 0.3 is 0 Å². The largest absolute Gasteiger partial charge is 0.310 e. The van der Waals surface area contributed by atoms with Crippen molar-refractivity contribution in [2.24, 2.45) is 0 Å². The fourth-order valence-electron chi connectivity index (χ4n) is 2.38. The molecule has 3 heteroatoms. The molecule has 0 spiro atoms. The summed E-state index contributed by atoms with van der Waals surface area (Å²) >= 11 is 0. The molecule has 0 saturated carbocycles. The number of hydrogen-bond donors (Lipinski definition) is 1. The molecule has 0 amide bonds. The van der Waals surface area contributed by atoms with Gasteiger partial charge in [-0.25, -0.2) is 4.98 Å². The normalized spacial score (nSPS) is 11.2. The van der Waals surface area contributed by atoms with E-state index in [0.717, 1.165) is 25.2 Å². The SMILES string of the molecule is CCCc1nccn1-c1ccc(CNC(C)C)cc1C. The maximum Gasteiger partial charge on any atom is 0.113 e. The molecule has 0 atom stereocenters. The van der Waals surface area contributed by atoms with Crippen LogP contribution >= 0.6 is 0 Å². The Morgan fingerprint density at radius 1 is 1.30 bits per heavy atom. The molecule has 108 valence electrons. The van der Waals surface area contributed by atoms with Crippen LogP contribution in [0.5, 0.6) is 0 Å². The Bertz CT molecular complexity index is 555. The molecule has 0 aliphatic carbocycles. The monoisotopic (exact) mass is 271 g/mol. The Kier molecular flexibility index (Phi) is 4.96. The van der Waals surface area contributed by atoms with Gasteiger partial charge in [0.1, 0.15) is 5.82 Å². The van der Waals surface area contributed by atoms with Gasteiger partial charge in [0, 0.05) is 37.1 Å². The van der Waals surface area contributed by atoms with Gasteiger partial charge in [0.25, 0.3) is 0 Å². The van der Waals surface area contributed by atoms with E-state index in [-0.39, 0.29) is 0 Å². The van der Waals surface area contributed by atoms with Crippen molar-refractivity contribution >= 4 is 0 Å². The fraction of sp³-hybridized carbons (Fsp3) is 0.471. The highest BCUT2D eigenvalue weighted by Crippen LogP contribution is 2.18. The average molecular weight is 271 g/mol. The minimum absolute atomic E-state index is 0.514. The van der Waals surface area contributed by atoms with E-state index in [9.17, 15) is 0 Å². The minimum Gasteiger partial charge on any atom is -0.310 e. The molecule has 0 unspecified atom stereocenters. The number of benzene rings is 1. The van der Waals surface area contributed by atoms with Crippen LogP contribution in [0.25, 0.3) is 5.69 Å². The smallest absolute Gasteiger partial charge is 0.113 e. The van der Waals surface area contributed by atoms with Crippen LogP contribution in [0.4, 0.5) is 0 Å². The Labute approximate surface area is 122 Å². The molecule has 2 aromatic rings. The minimum atomic E-state index is 0.514. The quantitative estimate of drug-likeness (QED) is 0.869. The molecule has 3 nitrogen and oxygen atoms in total. The van der Waals surface area contributed by atoms with Crippen LogP contribution in [0.2, 0.25) is 0 Å². The number of nitrogens with zero attached hydrogens (tertiary/aromatic N) is 2. The summed E-state index contributed by atoms with van der Waals surface area (Å²) in [5, 5.41) is 3.46. The molecule has 0 radical (unpaired) electrons. The van der Waals surface area contributed by atoms with Crippen LogP contribution in [-0.4, -0.2) is 15.6 Å². The Morgan fingerprint density at radius 2 is 2.10 bits per heavy atom. The van der Waals surface area contributed by atoms with Gasteiger partial charge in [-0.2, -0.15) is 0 Å². The first-order valence-electron chi connectivity index (χ1n) is 7.47. The van der Waals surface area contributed by atoms with Crippen molar-refractivity contribution in [2.45, 2.75) is 53.1 Å². The van der Waals surface area contributed by atoms with E-state index in [1.165, 1.54) is 16.8 Å². The number of imidazole rings is 1. The zero-order valence-electron chi connectivity index (χ0n) is 13.0. The average Bonchev–Trinajstić information content (AvgIpc) is 2.85. The molecule has 0 aliphatic rings. The van der Waals surface area contributed by atoms with Gasteiger partial charge in [0.2, 0.25) is 0 Å². The lowest BCUT2D eigenvalue weighted by atomic mass is 10.1. The summed E-state index contributed by atoms with van der Waals surface area (Å²) in [5.41, 5.74) is 3.86. The molecule has 20 heavy (non-hydrogen) atoms. The topological polar surface area (TPSA) is 29.9 Å². The molecule has 2 rings (SSSR count). The second-order valence-corrected chi connectivity index (χ2v) is 5.62. The summed E-state index contributed by atoms with van der Waals surface area (Å²) in [6, 6.07) is 7.18. The van der Waals surface area contributed by atoms with Gasteiger partial charge in [-0.1, -0.05) is 32.9 Å². The van der Waals surface area contributed by atoms with E-state index in [0.29, 0.717) is 6.04 Å². The number of aromatic nitrogens is 2. The molecule has 0 fully saturated rings. The second-order valence-electron chi connectivity index (χ2n) is 5.62. The van der Waals surface area contributed by atoms with Crippen molar-refractivity contribution in [2.75, 3.05) is 0 Å². The van der Waals surface area contributed by atoms with Crippen LogP contribution < -0.4 is 5.32 Å². The van der Waals surface area contributed by atoms with E-state index >= 15 is 0 Å². The number of hydrogen-bond acceptors (Lipinski definition) is 2. The first-order chi connectivity index (χ1) is 9.61. The van der Waals surface area contributed by atoms with Crippen molar-refractivity contribution < 1.29 is 0 Å². The standard InChI is InChI=1S/C17H25N3/c1-5-6-17-18-9-10-20(17)16-8-7-15(11-14(16)4)12-19-13(2)3/h7-11,13,19H,5-6,12H2,1-4H3. The van der Waals surface area contributed by atoms with Crippen LogP contribution in [0.1, 0.15) is 44.1 Å². The van der Waals surface area contributed by atoms with Crippen LogP contribution in [0.15, 0.2) is 30.6 Å². The van der Waals surface area contributed by atoms with E-state index in [1.807, 2.05) is 6.20 Å². The maximum absolute atomic E-state index is 4.46. The van der Waals surface area contributed by atoms with Gasteiger partial charge in [-0.15, -0.1) is 0 Å². The van der Waals surface area contributed by atoms with Crippen molar-refractivity contribution in [1.82, 2.24) is 14.9 Å². The lowest BCUT2D eigenvalue weighted by molar-refractivity contribution is 0.588. The molecular weight excluding hydrogens is 246 g/mol. The third kappa shape index (κ3) is 3.48. The predicted molar refractivity (Wildman–Crippen MR) is 84.3 cm³/mol. The third-order valence-corrected chi connectivity index (χ3v) is 3.43. The molecule has 0 saturated heterocycles. The summed E-state index contributed by atoms with van der Waals surface area (Å²) < 4.78 is 2.21. The highest BCUT2D eigenvalue weighted by atomic mass is 15.1. The first kappa shape index (κ1) is 14.8. The predicted octanol–water partition coefficient (Wildman–Crippen LogP) is 3.63. The first-order valence-corrected chi connectivity index (χ1v) is 7.47. The molecule has 0 aliphatic heterocycles. The Balaban J connectivity index is 2.23. The molecule has 1 aromatic carbocycles. The maximum atomic E-state index is 4.46. The van der Waals surface area contributed by atoms with Gasteiger partial charge in [0.15, 0.2) is 0 Å². The number of aryl methyl sites for hydroxylation is 2. The summed E-state index contributed by atoms with van der Waals surface area (Å²) in [6.07, 6.45) is 6.08. The molecule has 1 heterocycles. The van der Waals surface area contributed by atoms with E-state index < -0.39 is 0 Å². The number of rotatable bonds is 6. The van der Waals surface area contributed by atoms with Crippen LogP contribution in [0.3, 0.4) is 0 Å². The summed E-state index contributed by atoms with van der Waals surface area (Å²) in [7, 11) is 0. The molecular formula is C17H25N3. The van der Waals surface area contributed by atoms with Crippen LogP contribution in [-0.2, 0) is 13.0 Å². The van der Waals surface area contributed by atoms with E-state index in [4.69, 9.17) is 0 Å². The lowest BCUT2D eigenvalue weighted by Gasteiger charge is -2.13. The highest BCUT2D eigenvalue weighted by molar-refractivity contribution is 5.43. The summed E-state index contributed by atoms with van der Waals surface area (Å²) in [5.74, 6) is 1.14. The van der Waals surface area contributed by atoms with Crippen molar-refractivity contribution in [1.29, 1.82) is 0 Å². The van der Waals surface area contributed by atoms with Crippen molar-refractivity contribution in [3.63, 3.8) is 0 Å². The fourth-order valence-corrected chi connectivity index (χ4v) is 2.38. The summed E-state index contributed by atoms with van der Waals surface area (Å²) in [4.78, 5) is 4.46. The van der Waals surface area contributed by atoms with Gasteiger partial charge in [0.05, 0.1) is 0 Å². The van der Waals surface area contributed by atoms with Crippen LogP contribution in [0, 0.1) is 6.92 Å². The third-order valence-electron chi connectivity index (χ3n) is 3.43. The Morgan fingerprint density at radius 3 is 2.75 bits per heavy atom. The molecule has 1 N–H and O–H groups in total. The highest BCUT2D eigenvalue weighted by Gasteiger charge is 2.07. The Hall–Kier alpha value is -1.61.